The predicted octanol–water partition coefficient (Wildman–Crippen LogP) is 3.62. The summed E-state index contributed by atoms with van der Waals surface area (Å²) in [5, 5.41) is 2.54. The van der Waals surface area contributed by atoms with Crippen molar-refractivity contribution in [2.75, 3.05) is 18.9 Å². The van der Waals surface area contributed by atoms with Crippen molar-refractivity contribution in [2.45, 2.75) is 34.8 Å². The van der Waals surface area contributed by atoms with Crippen molar-refractivity contribution in [1.82, 2.24) is 4.90 Å². The van der Waals surface area contributed by atoms with Crippen molar-refractivity contribution in [2.24, 2.45) is 4.40 Å². The highest BCUT2D eigenvalue weighted by atomic mass is 32.2. The Hall–Kier alpha value is -2.32. The number of nitrogens with one attached hydrogen (secondary N) is 1. The summed E-state index contributed by atoms with van der Waals surface area (Å²) in [6, 6.07) is 15.8. The van der Waals surface area contributed by atoms with Crippen LogP contribution in [0.2, 0.25) is 0 Å². The maximum absolute atomic E-state index is 12.5. The number of carbonyl (C=O) groups is 1. The molecule has 0 radical (unpaired) electrons. The predicted molar refractivity (Wildman–Crippen MR) is 113 cm³/mol. The number of amidine groups is 1. The maximum atomic E-state index is 12.5. The molecule has 6 nitrogen and oxygen atoms in total. The molecule has 2 aromatic rings. The summed E-state index contributed by atoms with van der Waals surface area (Å²) in [6.07, 6.45) is 1.58. The molecule has 0 unspecified atom stereocenters. The number of sulfonamides is 1. The van der Waals surface area contributed by atoms with E-state index >= 15 is 0 Å². The zero-order chi connectivity index (χ0) is 20.1. The lowest BCUT2D eigenvalue weighted by molar-refractivity contribution is -0.115. The number of thioether (sulfide) groups is 1. The Labute approximate surface area is 170 Å². The van der Waals surface area contributed by atoms with E-state index in [9.17, 15) is 13.2 Å². The number of benzene rings is 2. The highest BCUT2D eigenvalue weighted by Crippen LogP contribution is 2.24. The molecule has 148 valence electrons. The van der Waals surface area contributed by atoms with Gasteiger partial charge in [-0.25, -0.2) is 0 Å². The molecule has 1 amide bonds. The van der Waals surface area contributed by atoms with Gasteiger partial charge in [0.25, 0.3) is 10.0 Å². The molecule has 3 rings (SSSR count). The van der Waals surface area contributed by atoms with Gasteiger partial charge in [0.2, 0.25) is 5.91 Å². The van der Waals surface area contributed by atoms with Crippen LogP contribution in [0.15, 0.2) is 68.8 Å². The standard InChI is InChI=1S/C20H23N3O3S2/c1-15(27-17-7-4-3-5-8-17)20(24)21-16-10-12-18(13-11-16)28(25,26)22-19-9-6-14-23(19)2/h3-5,7-8,10-13,15H,6,9,14H2,1-2H3,(H,21,24)/t15-/m1/s1. The van der Waals surface area contributed by atoms with Crippen LogP contribution in [0.3, 0.4) is 0 Å². The van der Waals surface area contributed by atoms with E-state index in [2.05, 4.69) is 9.71 Å². The number of carbonyl (C=O) groups excluding carboxylic acids is 1. The Morgan fingerprint density at radius 3 is 2.43 bits per heavy atom. The van der Waals surface area contributed by atoms with Gasteiger partial charge in [-0.05, 0) is 49.7 Å². The van der Waals surface area contributed by atoms with Crippen LogP contribution in [0, 0.1) is 0 Å². The van der Waals surface area contributed by atoms with E-state index in [1.807, 2.05) is 49.2 Å². The van der Waals surface area contributed by atoms with Gasteiger partial charge in [0.15, 0.2) is 0 Å². The smallest absolute Gasteiger partial charge is 0.283 e. The molecule has 1 saturated heterocycles. The van der Waals surface area contributed by atoms with Crippen molar-refractivity contribution < 1.29 is 13.2 Å². The average Bonchev–Trinajstić information content (AvgIpc) is 3.07. The van der Waals surface area contributed by atoms with Crippen molar-refractivity contribution in [3.05, 3.63) is 54.6 Å². The molecule has 0 aliphatic carbocycles. The fourth-order valence-corrected chi connectivity index (χ4v) is 4.79. The topological polar surface area (TPSA) is 78.8 Å². The summed E-state index contributed by atoms with van der Waals surface area (Å²) in [7, 11) is -1.91. The molecule has 8 heteroatoms. The fraction of sp³-hybridized carbons (Fsp3) is 0.300. The summed E-state index contributed by atoms with van der Waals surface area (Å²) in [6.45, 7) is 2.65. The van der Waals surface area contributed by atoms with Crippen molar-refractivity contribution in [1.29, 1.82) is 0 Å². The quantitative estimate of drug-likeness (QED) is 0.726. The summed E-state index contributed by atoms with van der Waals surface area (Å²) < 4.78 is 28.9. The molecule has 1 fully saturated rings. The Kier molecular flexibility index (Phi) is 6.41. The van der Waals surface area contributed by atoms with Gasteiger partial charge in [-0.3, -0.25) is 4.79 Å². The Bertz CT molecular complexity index is 958. The van der Waals surface area contributed by atoms with E-state index < -0.39 is 10.0 Å². The Morgan fingerprint density at radius 2 is 1.82 bits per heavy atom. The van der Waals surface area contributed by atoms with Crippen LogP contribution >= 0.6 is 11.8 Å². The summed E-state index contributed by atoms with van der Waals surface area (Å²) >= 11 is 1.47. The number of likely N-dealkylation sites (tertiary alicyclic amines) is 1. The lowest BCUT2D eigenvalue weighted by atomic mass is 10.3. The van der Waals surface area contributed by atoms with Gasteiger partial charge in [0, 0.05) is 30.6 Å². The van der Waals surface area contributed by atoms with E-state index in [-0.39, 0.29) is 16.1 Å². The number of nitrogens with zero attached hydrogens (tertiary/aromatic N) is 2. The first kappa shape index (κ1) is 20.4. The van der Waals surface area contributed by atoms with Gasteiger partial charge in [-0.1, -0.05) is 18.2 Å². The Balaban J connectivity index is 1.64. The first-order valence-electron chi connectivity index (χ1n) is 9.03. The monoisotopic (exact) mass is 417 g/mol. The first-order chi connectivity index (χ1) is 13.3. The third kappa shape index (κ3) is 5.14. The highest BCUT2D eigenvalue weighted by molar-refractivity contribution is 8.00. The second-order valence-corrected chi connectivity index (χ2v) is 9.61. The minimum absolute atomic E-state index is 0.116. The van der Waals surface area contributed by atoms with Gasteiger partial charge in [-0.2, -0.15) is 8.42 Å². The number of rotatable bonds is 6. The molecule has 1 aliphatic heterocycles. The van der Waals surface area contributed by atoms with Crippen molar-refractivity contribution in [3.63, 3.8) is 0 Å². The maximum Gasteiger partial charge on any atom is 0.283 e. The first-order valence-corrected chi connectivity index (χ1v) is 11.3. The Morgan fingerprint density at radius 1 is 1.14 bits per heavy atom. The zero-order valence-corrected chi connectivity index (χ0v) is 17.5. The van der Waals surface area contributed by atoms with E-state index in [0.29, 0.717) is 17.9 Å². The minimum Gasteiger partial charge on any atom is -0.362 e. The van der Waals surface area contributed by atoms with Crippen LogP contribution < -0.4 is 5.32 Å². The molecular weight excluding hydrogens is 394 g/mol. The largest absolute Gasteiger partial charge is 0.362 e. The van der Waals surface area contributed by atoms with Gasteiger partial charge in [0.1, 0.15) is 5.84 Å². The van der Waals surface area contributed by atoms with Crippen LogP contribution in [0.25, 0.3) is 0 Å². The molecule has 1 N–H and O–H groups in total. The van der Waals surface area contributed by atoms with Crippen LogP contribution in [0.4, 0.5) is 5.69 Å². The number of hydrogen-bond donors (Lipinski definition) is 1. The van der Waals surface area contributed by atoms with Crippen molar-refractivity contribution in [3.8, 4) is 0 Å². The van der Waals surface area contributed by atoms with Gasteiger partial charge >= 0.3 is 0 Å². The third-order valence-corrected chi connectivity index (χ3v) is 6.84. The summed E-state index contributed by atoms with van der Waals surface area (Å²) in [5.41, 5.74) is 0.551. The van der Waals surface area contributed by atoms with Gasteiger partial charge < -0.3 is 10.2 Å². The highest BCUT2D eigenvalue weighted by Gasteiger charge is 2.20. The molecule has 0 saturated carbocycles. The van der Waals surface area contributed by atoms with E-state index in [4.69, 9.17) is 0 Å². The molecule has 2 aromatic carbocycles. The van der Waals surface area contributed by atoms with E-state index in [1.54, 1.807) is 12.1 Å². The molecule has 1 heterocycles. The molecule has 1 aliphatic rings. The molecular formula is C20H23N3O3S2. The van der Waals surface area contributed by atoms with Gasteiger partial charge in [-0.15, -0.1) is 16.2 Å². The minimum atomic E-state index is -3.75. The van der Waals surface area contributed by atoms with Crippen LogP contribution in [-0.4, -0.2) is 43.9 Å². The van der Waals surface area contributed by atoms with Crippen molar-refractivity contribution >= 4 is 39.2 Å². The number of anilines is 1. The lowest BCUT2D eigenvalue weighted by Crippen LogP contribution is -2.22. The SMILES string of the molecule is C[C@@H](Sc1ccccc1)C(=O)Nc1ccc(S(=O)(=O)N=C2CCCN2C)cc1. The molecule has 0 aromatic heterocycles. The second-order valence-electron chi connectivity index (χ2n) is 6.59. The average molecular weight is 418 g/mol. The van der Waals surface area contributed by atoms with E-state index in [0.717, 1.165) is 17.9 Å². The molecule has 1 atom stereocenters. The number of amides is 1. The molecule has 28 heavy (non-hydrogen) atoms. The molecule has 0 bridgehead atoms. The normalized spacial score (nSPS) is 16.9. The second kappa shape index (κ2) is 8.79. The third-order valence-electron chi connectivity index (χ3n) is 4.41. The fourth-order valence-electron chi connectivity index (χ4n) is 2.81. The number of hydrogen-bond acceptors (Lipinski definition) is 4. The van der Waals surface area contributed by atoms with Crippen LogP contribution in [-0.2, 0) is 14.8 Å². The van der Waals surface area contributed by atoms with Crippen LogP contribution in [0.5, 0.6) is 0 Å². The lowest BCUT2D eigenvalue weighted by Gasteiger charge is -2.13. The van der Waals surface area contributed by atoms with E-state index in [1.165, 1.54) is 23.9 Å². The molecule has 0 spiro atoms. The zero-order valence-electron chi connectivity index (χ0n) is 15.8. The summed E-state index contributed by atoms with van der Waals surface area (Å²) in [4.78, 5) is 15.4. The van der Waals surface area contributed by atoms with Crippen LogP contribution in [0.1, 0.15) is 19.8 Å². The summed E-state index contributed by atoms with van der Waals surface area (Å²) in [5.74, 6) is 0.446. The van der Waals surface area contributed by atoms with Gasteiger partial charge in [0.05, 0.1) is 10.1 Å².